The molecule has 10 heteroatoms. The lowest BCUT2D eigenvalue weighted by Crippen LogP contribution is -2.21. The largest absolute Gasteiger partial charge is 0.490 e. The van der Waals surface area contributed by atoms with Crippen LogP contribution in [0.4, 0.5) is 13.2 Å². The molecule has 2 rings (SSSR count). The summed E-state index contributed by atoms with van der Waals surface area (Å²) < 4.78 is 55.9. The van der Waals surface area contributed by atoms with E-state index in [2.05, 4.69) is 0 Å². The molecule has 0 spiro atoms. The summed E-state index contributed by atoms with van der Waals surface area (Å²) in [6.45, 7) is 0. The molecule has 0 unspecified atom stereocenters. The Kier molecular flexibility index (Phi) is 3.84. The van der Waals surface area contributed by atoms with Crippen molar-refractivity contribution in [1.29, 1.82) is 0 Å². The maximum atomic E-state index is 11.1. The molecule has 0 fully saturated rings. The Morgan fingerprint density at radius 2 is 1.68 bits per heavy atom. The minimum Gasteiger partial charge on any atom is -0.475 e. The molecule has 1 aromatic carbocycles. The number of carbonyl (C=O) groups is 2. The van der Waals surface area contributed by atoms with E-state index in [0.717, 1.165) is 0 Å². The van der Waals surface area contributed by atoms with Gasteiger partial charge in [-0.1, -0.05) is 12.1 Å². The molecule has 0 aliphatic carbocycles. The van der Waals surface area contributed by atoms with Gasteiger partial charge in [0.25, 0.3) is 15.9 Å². The Morgan fingerprint density at radius 3 is 2.11 bits per heavy atom. The third-order valence-electron chi connectivity index (χ3n) is 1.89. The third-order valence-corrected chi connectivity index (χ3v) is 3.28. The maximum Gasteiger partial charge on any atom is 0.490 e. The van der Waals surface area contributed by atoms with Gasteiger partial charge in [-0.05, 0) is 12.1 Å². The number of aliphatic carboxylic acids is 1. The van der Waals surface area contributed by atoms with Gasteiger partial charge in [0.2, 0.25) is 0 Å². The zero-order chi connectivity index (χ0) is 14.8. The number of hydrogen-bond acceptors (Lipinski definition) is 4. The Labute approximate surface area is 104 Å². The van der Waals surface area contributed by atoms with Gasteiger partial charge in [0, 0.05) is 0 Å². The number of sulfonamides is 1. The second-order valence-corrected chi connectivity index (χ2v) is 4.88. The van der Waals surface area contributed by atoms with Gasteiger partial charge in [0.1, 0.15) is 4.90 Å². The van der Waals surface area contributed by atoms with Gasteiger partial charge in [0.05, 0.1) is 5.56 Å². The molecule has 2 N–H and O–H groups in total. The first-order valence-corrected chi connectivity index (χ1v) is 6.00. The monoisotopic (exact) mass is 297 g/mol. The summed E-state index contributed by atoms with van der Waals surface area (Å²) in [4.78, 5) is 20.0. The summed E-state index contributed by atoms with van der Waals surface area (Å²) in [5, 5.41) is 7.12. The Morgan fingerprint density at radius 1 is 1.21 bits per heavy atom. The van der Waals surface area contributed by atoms with Crippen molar-refractivity contribution in [3.63, 3.8) is 0 Å². The minimum absolute atomic E-state index is 0.0648. The summed E-state index contributed by atoms with van der Waals surface area (Å²) in [6, 6.07) is 6.09. The van der Waals surface area contributed by atoms with E-state index in [9.17, 15) is 26.4 Å². The molecule has 1 aromatic rings. The number of hydrogen-bond donors (Lipinski definition) is 2. The summed E-state index contributed by atoms with van der Waals surface area (Å²) in [5.74, 6) is -3.31. The average molecular weight is 297 g/mol. The SMILES string of the molecule is O=C(O)C(F)(F)F.O=C1NS(=O)(=O)c2ccccc21. The van der Waals surface area contributed by atoms with E-state index in [1.807, 2.05) is 4.72 Å². The molecule has 1 heterocycles. The van der Waals surface area contributed by atoms with Gasteiger partial charge in [-0.2, -0.15) is 13.2 Å². The molecule has 19 heavy (non-hydrogen) atoms. The highest BCUT2D eigenvalue weighted by Gasteiger charge is 2.38. The highest BCUT2D eigenvalue weighted by atomic mass is 32.2. The summed E-state index contributed by atoms with van der Waals surface area (Å²) in [7, 11) is -3.55. The molecule has 0 bridgehead atoms. The smallest absolute Gasteiger partial charge is 0.475 e. The molecule has 1 amide bonds. The number of amides is 1. The number of carbonyl (C=O) groups excluding carboxylic acids is 1. The lowest BCUT2D eigenvalue weighted by atomic mass is 10.2. The van der Waals surface area contributed by atoms with Gasteiger partial charge in [0.15, 0.2) is 0 Å². The van der Waals surface area contributed by atoms with E-state index in [-0.39, 0.29) is 10.5 Å². The molecule has 104 valence electrons. The van der Waals surface area contributed by atoms with Crippen molar-refractivity contribution in [1.82, 2.24) is 4.72 Å². The molecular weight excluding hydrogens is 291 g/mol. The van der Waals surface area contributed by atoms with Gasteiger partial charge >= 0.3 is 12.1 Å². The van der Waals surface area contributed by atoms with Crippen LogP contribution in [0.2, 0.25) is 0 Å². The molecule has 0 saturated heterocycles. The molecule has 0 saturated carbocycles. The third kappa shape index (κ3) is 3.44. The molecule has 0 radical (unpaired) electrons. The van der Waals surface area contributed by atoms with Crippen LogP contribution in [0.5, 0.6) is 0 Å². The van der Waals surface area contributed by atoms with E-state index in [0.29, 0.717) is 0 Å². The average Bonchev–Trinajstić information content (AvgIpc) is 2.50. The normalized spacial score (nSPS) is 15.8. The van der Waals surface area contributed by atoms with E-state index in [4.69, 9.17) is 9.90 Å². The fraction of sp³-hybridized carbons (Fsp3) is 0.111. The maximum absolute atomic E-state index is 11.1. The topological polar surface area (TPSA) is 101 Å². The van der Waals surface area contributed by atoms with Crippen LogP contribution in [-0.2, 0) is 14.8 Å². The standard InChI is InChI=1S/C7H5NO3S.C2HF3O2/c9-7-5-3-1-2-4-6(5)12(10,11)8-7;3-2(4,5)1(6)7/h1-4H,(H,8,9);(H,6,7). The fourth-order valence-electron chi connectivity index (χ4n) is 1.12. The van der Waals surface area contributed by atoms with E-state index in [1.165, 1.54) is 12.1 Å². The van der Waals surface area contributed by atoms with E-state index >= 15 is 0 Å². The van der Waals surface area contributed by atoms with Crippen molar-refractivity contribution in [2.75, 3.05) is 0 Å². The molecule has 1 aliphatic heterocycles. The summed E-state index contributed by atoms with van der Waals surface area (Å²) in [6.07, 6.45) is -5.08. The minimum atomic E-state index is -5.08. The Balaban J connectivity index is 0.000000224. The summed E-state index contributed by atoms with van der Waals surface area (Å²) >= 11 is 0. The van der Waals surface area contributed by atoms with Gasteiger partial charge in [-0.15, -0.1) is 0 Å². The van der Waals surface area contributed by atoms with Crippen molar-refractivity contribution in [2.24, 2.45) is 0 Å². The van der Waals surface area contributed by atoms with Gasteiger partial charge in [-0.25, -0.2) is 17.9 Å². The first-order chi connectivity index (χ1) is 8.55. The number of carboxylic acids is 1. The Bertz CT molecular complexity index is 623. The fourth-order valence-corrected chi connectivity index (χ4v) is 2.29. The van der Waals surface area contributed by atoms with Crippen LogP contribution in [-0.4, -0.2) is 31.6 Å². The number of nitrogens with one attached hydrogen (secondary N) is 1. The highest BCUT2D eigenvalue weighted by Crippen LogP contribution is 2.20. The van der Waals surface area contributed by atoms with Gasteiger partial charge < -0.3 is 5.11 Å². The predicted octanol–water partition coefficient (Wildman–Crippen LogP) is 0.752. The van der Waals surface area contributed by atoms with E-state index < -0.39 is 28.1 Å². The van der Waals surface area contributed by atoms with Crippen LogP contribution in [0, 0.1) is 0 Å². The first-order valence-electron chi connectivity index (χ1n) is 4.52. The second kappa shape index (κ2) is 4.88. The molecule has 6 nitrogen and oxygen atoms in total. The van der Waals surface area contributed by atoms with Crippen molar-refractivity contribution in [2.45, 2.75) is 11.1 Å². The first kappa shape index (κ1) is 15.0. The number of carboxylic acid groups (broad SMARTS) is 1. The van der Waals surface area contributed by atoms with Crippen LogP contribution in [0.1, 0.15) is 10.4 Å². The summed E-state index contributed by atoms with van der Waals surface area (Å²) in [5.41, 5.74) is 0.220. The van der Waals surface area contributed by atoms with Crippen LogP contribution in [0.25, 0.3) is 0 Å². The van der Waals surface area contributed by atoms with Crippen LogP contribution < -0.4 is 4.72 Å². The zero-order valence-electron chi connectivity index (χ0n) is 8.93. The van der Waals surface area contributed by atoms with Crippen LogP contribution >= 0.6 is 0 Å². The molecular formula is C9H6F3NO5S. The van der Waals surface area contributed by atoms with Crippen molar-refractivity contribution in [3.05, 3.63) is 29.8 Å². The number of halogens is 3. The van der Waals surface area contributed by atoms with Crippen LogP contribution in [0.3, 0.4) is 0 Å². The zero-order valence-corrected chi connectivity index (χ0v) is 9.75. The number of benzene rings is 1. The van der Waals surface area contributed by atoms with Crippen molar-refractivity contribution < 1.29 is 36.3 Å². The highest BCUT2D eigenvalue weighted by molar-refractivity contribution is 7.90. The Hall–Kier alpha value is -2.10. The molecule has 1 aliphatic rings. The van der Waals surface area contributed by atoms with E-state index in [1.54, 1.807) is 12.1 Å². The number of fused-ring (bicyclic) bond motifs is 1. The lowest BCUT2D eigenvalue weighted by molar-refractivity contribution is -0.192. The number of rotatable bonds is 0. The lowest BCUT2D eigenvalue weighted by Gasteiger charge is -1.93. The van der Waals surface area contributed by atoms with Gasteiger partial charge in [-0.3, -0.25) is 4.79 Å². The number of alkyl halides is 3. The quantitative estimate of drug-likeness (QED) is 0.736. The van der Waals surface area contributed by atoms with Crippen molar-refractivity contribution in [3.8, 4) is 0 Å². The second-order valence-electron chi connectivity index (χ2n) is 3.23. The molecule has 0 atom stereocenters. The predicted molar refractivity (Wildman–Crippen MR) is 54.8 cm³/mol. The van der Waals surface area contributed by atoms with Crippen LogP contribution in [0.15, 0.2) is 29.2 Å². The molecule has 0 aromatic heterocycles. The van der Waals surface area contributed by atoms with Crippen molar-refractivity contribution >= 4 is 21.9 Å².